The van der Waals surface area contributed by atoms with E-state index < -0.39 is 30.6 Å². The lowest BCUT2D eigenvalue weighted by atomic mass is 9.96. The molecule has 0 amide bonds. The van der Waals surface area contributed by atoms with E-state index in [0.717, 1.165) is 6.33 Å². The van der Waals surface area contributed by atoms with Gasteiger partial charge in [0, 0.05) is 11.8 Å². The summed E-state index contributed by atoms with van der Waals surface area (Å²) in [7, 11) is 0. The van der Waals surface area contributed by atoms with Gasteiger partial charge in [-0.05, 0) is 6.92 Å². The standard InChI is InChI=1S/C13H16N4O6/c1-13(21)9(20)7(4-19)23-12(13)17-2-6(3-18)8-10(16-22)14-5-15-11(8)17/h2-3,5,7,9,12,19-22H,4H2,1H3,(H,14,15,16)/t7?,9?,12?,13-/m1/s1. The normalized spacial score (nSPS) is 30.7. The van der Waals surface area contributed by atoms with Crippen LogP contribution in [0.5, 0.6) is 0 Å². The van der Waals surface area contributed by atoms with Gasteiger partial charge in [0.1, 0.15) is 29.8 Å². The number of fused-ring (bicyclic) bond motifs is 1. The zero-order valence-corrected chi connectivity index (χ0v) is 12.1. The zero-order valence-electron chi connectivity index (χ0n) is 12.1. The van der Waals surface area contributed by atoms with Crippen LogP contribution >= 0.6 is 0 Å². The number of aldehydes is 1. The number of hydrogen-bond donors (Lipinski definition) is 5. The van der Waals surface area contributed by atoms with Crippen LogP contribution in [0.1, 0.15) is 23.5 Å². The van der Waals surface area contributed by atoms with E-state index in [1.165, 1.54) is 17.7 Å². The average Bonchev–Trinajstić information content (AvgIpc) is 3.03. The van der Waals surface area contributed by atoms with Gasteiger partial charge in [-0.2, -0.15) is 0 Å². The monoisotopic (exact) mass is 324 g/mol. The van der Waals surface area contributed by atoms with E-state index in [9.17, 15) is 20.1 Å². The number of nitrogens with zero attached hydrogens (tertiary/aromatic N) is 3. The van der Waals surface area contributed by atoms with Crippen molar-refractivity contribution < 1.29 is 30.1 Å². The summed E-state index contributed by atoms with van der Waals surface area (Å²) < 4.78 is 6.88. The number of aromatic nitrogens is 3. The van der Waals surface area contributed by atoms with E-state index in [2.05, 4.69) is 9.97 Å². The number of nitrogens with one attached hydrogen (secondary N) is 1. The van der Waals surface area contributed by atoms with Gasteiger partial charge in [-0.15, -0.1) is 0 Å². The van der Waals surface area contributed by atoms with Gasteiger partial charge in [0.15, 0.2) is 18.3 Å². The van der Waals surface area contributed by atoms with Crippen LogP contribution in [0.3, 0.4) is 0 Å². The molecule has 1 saturated heterocycles. The van der Waals surface area contributed by atoms with Crippen molar-refractivity contribution in [1.82, 2.24) is 14.5 Å². The van der Waals surface area contributed by atoms with Crippen molar-refractivity contribution in [3.63, 3.8) is 0 Å². The molecule has 10 nitrogen and oxygen atoms in total. The molecule has 0 radical (unpaired) electrons. The third-order valence-electron chi connectivity index (χ3n) is 4.06. The first-order chi connectivity index (χ1) is 11.0. The summed E-state index contributed by atoms with van der Waals surface area (Å²) in [6.07, 6.45) is -0.315. The Morgan fingerprint density at radius 2 is 2.26 bits per heavy atom. The van der Waals surface area contributed by atoms with E-state index in [0.29, 0.717) is 6.29 Å². The minimum Gasteiger partial charge on any atom is -0.394 e. The van der Waals surface area contributed by atoms with Gasteiger partial charge in [-0.3, -0.25) is 15.5 Å². The lowest BCUT2D eigenvalue weighted by Crippen LogP contribution is -2.44. The Morgan fingerprint density at radius 3 is 2.83 bits per heavy atom. The molecule has 0 aromatic carbocycles. The Hall–Kier alpha value is -2.11. The van der Waals surface area contributed by atoms with E-state index >= 15 is 0 Å². The SMILES string of the molecule is C[C@@]1(O)C(O)C(CO)OC1n1cc(C=O)c2c(NO)ncnc21. The fraction of sp³-hybridized carbons (Fsp3) is 0.462. The first kappa shape index (κ1) is 15.8. The third kappa shape index (κ3) is 2.19. The Balaban J connectivity index is 2.19. The highest BCUT2D eigenvalue weighted by molar-refractivity contribution is 6.01. The van der Waals surface area contributed by atoms with Crippen LogP contribution in [0, 0.1) is 0 Å². The lowest BCUT2D eigenvalue weighted by molar-refractivity contribution is -0.0948. The van der Waals surface area contributed by atoms with Crippen LogP contribution in [0.25, 0.3) is 11.0 Å². The van der Waals surface area contributed by atoms with Gasteiger partial charge < -0.3 is 24.6 Å². The number of anilines is 1. The maximum atomic E-state index is 11.3. The van der Waals surface area contributed by atoms with Gasteiger partial charge in [0.05, 0.1) is 12.0 Å². The lowest BCUT2D eigenvalue weighted by Gasteiger charge is -2.27. The summed E-state index contributed by atoms with van der Waals surface area (Å²) in [5.41, 5.74) is 0.540. The fourth-order valence-corrected chi connectivity index (χ4v) is 2.86. The average molecular weight is 324 g/mol. The van der Waals surface area contributed by atoms with Crippen LogP contribution < -0.4 is 5.48 Å². The molecule has 2 aromatic heterocycles. The summed E-state index contributed by atoms with van der Waals surface area (Å²) >= 11 is 0. The topological polar surface area (TPSA) is 150 Å². The Kier molecular flexibility index (Phi) is 3.78. The molecule has 1 aliphatic rings. The number of carbonyl (C=O) groups excluding carboxylic acids is 1. The van der Waals surface area contributed by atoms with Gasteiger partial charge in [-0.1, -0.05) is 0 Å². The third-order valence-corrected chi connectivity index (χ3v) is 4.06. The molecule has 0 aliphatic carbocycles. The maximum absolute atomic E-state index is 11.3. The van der Waals surface area contributed by atoms with Gasteiger partial charge >= 0.3 is 0 Å². The molecule has 3 unspecified atom stereocenters. The summed E-state index contributed by atoms with van der Waals surface area (Å²) in [4.78, 5) is 19.2. The molecular weight excluding hydrogens is 308 g/mol. The highest BCUT2D eigenvalue weighted by Gasteiger charge is 2.53. The van der Waals surface area contributed by atoms with Crippen molar-refractivity contribution >= 4 is 23.1 Å². The van der Waals surface area contributed by atoms with Crippen molar-refractivity contribution in [3.05, 3.63) is 18.1 Å². The maximum Gasteiger partial charge on any atom is 0.167 e. The second-order valence-electron chi connectivity index (χ2n) is 5.52. The summed E-state index contributed by atoms with van der Waals surface area (Å²) in [5, 5.41) is 39.3. The van der Waals surface area contributed by atoms with E-state index in [4.69, 9.17) is 9.94 Å². The summed E-state index contributed by atoms with van der Waals surface area (Å²) in [5.74, 6) is 0.0211. The molecule has 23 heavy (non-hydrogen) atoms. The quantitative estimate of drug-likeness (QED) is 0.354. The predicted molar refractivity (Wildman–Crippen MR) is 76.0 cm³/mol. The Morgan fingerprint density at radius 1 is 1.52 bits per heavy atom. The van der Waals surface area contributed by atoms with Gasteiger partial charge in [0.2, 0.25) is 0 Å². The van der Waals surface area contributed by atoms with E-state index in [1.54, 1.807) is 0 Å². The first-order valence-corrected chi connectivity index (χ1v) is 6.83. The summed E-state index contributed by atoms with van der Waals surface area (Å²) in [6, 6.07) is 0. The number of carbonyl (C=O) groups is 1. The molecule has 4 atom stereocenters. The Bertz CT molecular complexity index is 745. The number of rotatable bonds is 4. The summed E-state index contributed by atoms with van der Waals surface area (Å²) in [6.45, 7) is 0.878. The van der Waals surface area contributed by atoms with Crippen LogP contribution in [0.15, 0.2) is 12.5 Å². The molecule has 124 valence electrons. The highest BCUT2D eigenvalue weighted by Crippen LogP contribution is 2.40. The number of aliphatic hydroxyl groups is 3. The molecule has 3 heterocycles. The van der Waals surface area contributed by atoms with E-state index in [-0.39, 0.29) is 22.4 Å². The van der Waals surface area contributed by atoms with Crippen LogP contribution in [0.2, 0.25) is 0 Å². The smallest absolute Gasteiger partial charge is 0.167 e. The molecule has 10 heteroatoms. The molecule has 2 aromatic rings. The van der Waals surface area contributed by atoms with Crippen LogP contribution in [-0.4, -0.2) is 65.8 Å². The van der Waals surface area contributed by atoms with Crippen molar-refractivity contribution in [2.45, 2.75) is 31.0 Å². The first-order valence-electron chi connectivity index (χ1n) is 6.83. The number of aliphatic hydroxyl groups excluding tert-OH is 2. The minimum atomic E-state index is -1.72. The second-order valence-corrected chi connectivity index (χ2v) is 5.52. The van der Waals surface area contributed by atoms with Crippen LogP contribution in [0.4, 0.5) is 5.82 Å². The molecule has 5 N–H and O–H groups in total. The molecule has 0 bridgehead atoms. The zero-order chi connectivity index (χ0) is 16.8. The minimum absolute atomic E-state index is 0.0211. The molecule has 0 spiro atoms. The van der Waals surface area contributed by atoms with Crippen molar-refractivity contribution in [2.75, 3.05) is 12.1 Å². The van der Waals surface area contributed by atoms with Crippen molar-refractivity contribution in [2.24, 2.45) is 0 Å². The predicted octanol–water partition coefficient (Wildman–Crippen LogP) is -0.954. The second kappa shape index (κ2) is 5.51. The Labute approximate surface area is 129 Å². The van der Waals surface area contributed by atoms with Crippen LogP contribution in [-0.2, 0) is 4.74 Å². The van der Waals surface area contributed by atoms with Gasteiger partial charge in [-0.25, -0.2) is 9.97 Å². The molecular formula is C13H16N4O6. The highest BCUT2D eigenvalue weighted by atomic mass is 16.6. The number of ether oxygens (including phenoxy) is 1. The van der Waals surface area contributed by atoms with Crippen molar-refractivity contribution in [3.8, 4) is 0 Å². The number of hydrogen-bond acceptors (Lipinski definition) is 9. The molecule has 1 aliphatic heterocycles. The van der Waals surface area contributed by atoms with Crippen molar-refractivity contribution in [1.29, 1.82) is 0 Å². The molecule has 0 saturated carbocycles. The molecule has 1 fully saturated rings. The van der Waals surface area contributed by atoms with Gasteiger partial charge in [0.25, 0.3) is 0 Å². The fourth-order valence-electron chi connectivity index (χ4n) is 2.86. The van der Waals surface area contributed by atoms with E-state index in [1.807, 2.05) is 5.48 Å². The largest absolute Gasteiger partial charge is 0.394 e. The molecule has 3 rings (SSSR count).